The number of benzene rings is 3. The monoisotopic (exact) mass is 747 g/mol. The lowest BCUT2D eigenvalue weighted by Gasteiger charge is -2.41. The molecule has 0 aromatic heterocycles. The molecule has 0 amide bonds. The molecular weight excluding hydrogens is 691 g/mol. The van der Waals surface area contributed by atoms with Crippen LogP contribution in [0, 0.1) is 0 Å². The van der Waals surface area contributed by atoms with Crippen LogP contribution in [0.1, 0.15) is 0 Å². The van der Waals surface area contributed by atoms with Crippen molar-refractivity contribution in [2.75, 3.05) is 57.0 Å². The van der Waals surface area contributed by atoms with Gasteiger partial charge in [-0.25, -0.2) is 0 Å². The molecule has 0 saturated heterocycles. The van der Waals surface area contributed by atoms with E-state index in [-0.39, 0.29) is 0 Å². The number of rotatable bonds is 17. The van der Waals surface area contributed by atoms with Crippen LogP contribution in [0.2, 0.25) is 58.9 Å². The van der Waals surface area contributed by atoms with Crippen LogP contribution in [0.3, 0.4) is 0 Å². The van der Waals surface area contributed by atoms with Crippen LogP contribution in [0.15, 0.2) is 72.8 Å². The molecule has 10 nitrogen and oxygen atoms in total. The van der Waals surface area contributed by atoms with Crippen molar-refractivity contribution in [2.45, 2.75) is 58.9 Å². The zero-order valence-electron chi connectivity index (χ0n) is 31.6. The second-order valence-corrected chi connectivity index (χ2v) is 32.2. The lowest BCUT2D eigenvalue weighted by molar-refractivity contribution is 0.154. The Bertz CT molecular complexity index is 1370. The van der Waals surface area contributed by atoms with E-state index in [0.717, 1.165) is 17.1 Å². The number of nitrogens with zero attached hydrogens (tertiary/aromatic N) is 3. The highest BCUT2D eigenvalue weighted by molar-refractivity contribution is 6.87. The highest BCUT2D eigenvalue weighted by Gasteiger charge is 2.58. The van der Waals surface area contributed by atoms with Gasteiger partial charge >= 0.3 is 26.4 Å². The van der Waals surface area contributed by atoms with E-state index >= 15 is 0 Å². The van der Waals surface area contributed by atoms with E-state index in [1.54, 1.807) is 0 Å². The minimum Gasteiger partial charge on any atom is -0.502 e. The molecule has 0 aliphatic carbocycles. The zero-order chi connectivity index (χ0) is 36.1. The molecule has 0 fully saturated rings. The average molecular weight is 748 g/mol. The Kier molecular flexibility index (Phi) is 12.9. The van der Waals surface area contributed by atoms with E-state index in [9.17, 15) is 0 Å². The summed E-state index contributed by atoms with van der Waals surface area (Å²) >= 11 is 0. The van der Waals surface area contributed by atoms with Crippen molar-refractivity contribution in [1.29, 1.82) is 0 Å². The Morgan fingerprint density at radius 1 is 0.333 bits per heavy atom. The van der Waals surface area contributed by atoms with Crippen molar-refractivity contribution in [2.24, 2.45) is 0 Å². The Balaban J connectivity index is 2.10. The molecule has 2 unspecified atom stereocenters. The van der Waals surface area contributed by atoms with E-state index in [1.807, 2.05) is 149 Å². The van der Waals surface area contributed by atoms with Gasteiger partial charge in [-0.15, -0.1) is 0 Å². The molecule has 0 aliphatic heterocycles. The maximum atomic E-state index is 7.05. The van der Waals surface area contributed by atoms with Gasteiger partial charge in [0.2, 0.25) is 0 Å². The predicted octanol–water partition coefficient (Wildman–Crippen LogP) is 7.86. The Labute approximate surface area is 294 Å². The van der Waals surface area contributed by atoms with Crippen LogP contribution in [0.5, 0.6) is 17.2 Å². The maximum absolute atomic E-state index is 7.05. The molecule has 0 heterocycles. The van der Waals surface area contributed by atoms with Gasteiger partial charge in [0.25, 0.3) is 0 Å². The normalized spacial score (nSPS) is 15.8. The van der Waals surface area contributed by atoms with Gasteiger partial charge in [0, 0.05) is 79.0 Å². The van der Waals surface area contributed by atoms with Gasteiger partial charge in [-0.3, -0.25) is 0 Å². The molecule has 48 heavy (non-hydrogen) atoms. The smallest absolute Gasteiger partial charge is 0.502 e. The summed E-state index contributed by atoms with van der Waals surface area (Å²) in [5.41, 5.74) is 3.17. The van der Waals surface area contributed by atoms with E-state index < -0.39 is 43.0 Å². The summed E-state index contributed by atoms with van der Waals surface area (Å²) in [5.74, 6) is 1.90. The molecule has 266 valence electrons. The quantitative estimate of drug-likeness (QED) is 0.128. The van der Waals surface area contributed by atoms with Gasteiger partial charge in [0.1, 0.15) is 17.2 Å². The molecular formula is C33H57N3O7Si5. The number of hydrogen-bond donors (Lipinski definition) is 0. The SMILES string of the molecule is CN(C)c1ccc(O[Si](C)(O[Si](C)(C)C)O[Si](C)(Oc2ccc(N(C)C)cc2)O[Si](C)(Oc2ccc(N(C)C)cc2)O[Si](C)(C)C)cc1. The lowest BCUT2D eigenvalue weighted by atomic mass is 10.3. The van der Waals surface area contributed by atoms with Crippen LogP contribution in [-0.2, 0) is 16.5 Å². The third kappa shape index (κ3) is 12.7. The van der Waals surface area contributed by atoms with Crippen molar-refractivity contribution in [1.82, 2.24) is 0 Å². The first kappa shape index (κ1) is 39.8. The van der Waals surface area contributed by atoms with Crippen molar-refractivity contribution in [3.05, 3.63) is 72.8 Å². The first-order chi connectivity index (χ1) is 22.0. The average Bonchev–Trinajstić information content (AvgIpc) is 2.91. The van der Waals surface area contributed by atoms with Gasteiger partial charge in [0.05, 0.1) is 0 Å². The standard InChI is InChI=1S/C33H57N3O7Si5/c1-34(2)28-16-22-31(23-17-28)37-46(13,40-44(7,8)9)42-48(15,39-33-26-20-30(21-27-33)36(5)6)43-47(14,41-45(10,11)12)38-32-24-18-29(19-25-32)35(3)4/h16-27H,1-15H3. The van der Waals surface area contributed by atoms with Gasteiger partial charge in [-0.05, 0) is 112 Å². The third-order valence-electron chi connectivity index (χ3n) is 6.69. The van der Waals surface area contributed by atoms with Gasteiger partial charge in [-0.1, -0.05) is 0 Å². The molecule has 0 bridgehead atoms. The largest absolute Gasteiger partial charge is 0.549 e. The topological polar surface area (TPSA) is 74.3 Å². The molecule has 0 N–H and O–H groups in total. The number of anilines is 3. The van der Waals surface area contributed by atoms with Gasteiger partial charge in [0.15, 0.2) is 16.6 Å². The molecule has 3 rings (SSSR count). The molecule has 3 aromatic carbocycles. The highest BCUT2D eigenvalue weighted by Crippen LogP contribution is 2.33. The fraction of sp³-hybridized carbons (Fsp3) is 0.455. The summed E-state index contributed by atoms with van der Waals surface area (Å²) in [4.78, 5) is 6.12. The second kappa shape index (κ2) is 15.5. The third-order valence-corrected chi connectivity index (χ3v) is 22.3. The maximum Gasteiger partial charge on any atom is 0.549 e. The van der Waals surface area contributed by atoms with Crippen LogP contribution < -0.4 is 28.0 Å². The Hall–Kier alpha value is -2.62. The molecule has 0 radical (unpaired) electrons. The molecule has 3 aromatic rings. The van der Waals surface area contributed by atoms with Crippen molar-refractivity contribution >= 4 is 60.1 Å². The van der Waals surface area contributed by atoms with Gasteiger partial charge < -0.3 is 44.4 Å². The van der Waals surface area contributed by atoms with E-state index in [0.29, 0.717) is 17.2 Å². The summed E-state index contributed by atoms with van der Waals surface area (Å²) in [7, 11) is -3.09. The van der Waals surface area contributed by atoms with Crippen molar-refractivity contribution in [3.63, 3.8) is 0 Å². The van der Waals surface area contributed by atoms with Crippen LogP contribution >= 0.6 is 0 Å². The second-order valence-electron chi connectivity index (χ2n) is 14.7. The van der Waals surface area contributed by atoms with Crippen LogP contribution in [0.4, 0.5) is 17.1 Å². The summed E-state index contributed by atoms with van der Waals surface area (Å²) in [6.45, 7) is 18.4. The van der Waals surface area contributed by atoms with E-state index in [4.69, 9.17) is 29.7 Å². The molecule has 2 atom stereocenters. The summed E-state index contributed by atoms with van der Waals surface area (Å²) in [6.07, 6.45) is 0. The molecule has 15 heteroatoms. The fourth-order valence-electron chi connectivity index (χ4n) is 5.05. The summed E-state index contributed by atoms with van der Waals surface area (Å²) < 4.78 is 47.8. The van der Waals surface area contributed by atoms with Crippen LogP contribution in [-0.4, -0.2) is 85.3 Å². The predicted molar refractivity (Wildman–Crippen MR) is 210 cm³/mol. The van der Waals surface area contributed by atoms with Crippen LogP contribution in [0.25, 0.3) is 0 Å². The van der Waals surface area contributed by atoms with Crippen molar-refractivity contribution in [3.8, 4) is 17.2 Å². The Morgan fingerprint density at radius 2 is 0.542 bits per heavy atom. The van der Waals surface area contributed by atoms with E-state index in [1.165, 1.54) is 0 Å². The first-order valence-corrected chi connectivity index (χ1v) is 29.7. The highest BCUT2D eigenvalue weighted by atomic mass is 28.5. The molecule has 0 aliphatic rings. The molecule has 0 saturated carbocycles. The van der Waals surface area contributed by atoms with Crippen molar-refractivity contribution < 1.29 is 29.7 Å². The lowest BCUT2D eigenvalue weighted by Crippen LogP contribution is -2.67. The van der Waals surface area contributed by atoms with Gasteiger partial charge in [-0.2, -0.15) is 0 Å². The summed E-state index contributed by atoms with van der Waals surface area (Å²) in [5, 5.41) is 0. The fourth-order valence-corrected chi connectivity index (χ4v) is 23.7. The molecule has 0 spiro atoms. The number of hydrogen-bond acceptors (Lipinski definition) is 10. The zero-order valence-corrected chi connectivity index (χ0v) is 36.6. The Morgan fingerprint density at radius 3 is 0.729 bits per heavy atom. The summed E-state index contributed by atoms with van der Waals surface area (Å²) in [6, 6.07) is 23.6. The minimum atomic E-state index is -3.73. The minimum absolute atomic E-state index is 0.606. The first-order valence-electron chi connectivity index (χ1n) is 16.2. The van der Waals surface area contributed by atoms with E-state index in [2.05, 4.69) is 39.3 Å².